The Hall–Kier alpha value is 0.310. The van der Waals surface area contributed by atoms with E-state index in [1.807, 2.05) is 11.8 Å². The van der Waals surface area contributed by atoms with Crippen molar-refractivity contribution < 1.29 is 5.11 Å². The fourth-order valence-electron chi connectivity index (χ4n) is 2.91. The summed E-state index contributed by atoms with van der Waals surface area (Å²) in [5, 5.41) is 9.96. The highest BCUT2D eigenvalue weighted by atomic mass is 32.2. The van der Waals surface area contributed by atoms with Crippen molar-refractivity contribution in [1.29, 1.82) is 0 Å². The maximum atomic E-state index is 9.09. The van der Waals surface area contributed by atoms with E-state index in [1.54, 1.807) is 0 Å². The van der Waals surface area contributed by atoms with Gasteiger partial charge in [-0.25, -0.2) is 0 Å². The summed E-state index contributed by atoms with van der Waals surface area (Å²) >= 11 is 2.00. The van der Waals surface area contributed by atoms with Gasteiger partial charge < -0.3 is 5.11 Å². The van der Waals surface area contributed by atoms with Crippen LogP contribution >= 0.6 is 11.8 Å². The maximum Gasteiger partial charge on any atom is 0.0462 e. The fourth-order valence-corrected chi connectivity index (χ4v) is 4.06. The van der Waals surface area contributed by atoms with E-state index in [4.69, 9.17) is 5.11 Å². The van der Waals surface area contributed by atoms with Gasteiger partial charge in [-0.05, 0) is 43.3 Å². The van der Waals surface area contributed by atoms with Gasteiger partial charge in [0.05, 0.1) is 0 Å². The lowest BCUT2D eigenvalue weighted by Gasteiger charge is -2.26. The Morgan fingerprint density at radius 1 is 1.36 bits per heavy atom. The molecule has 1 N–H and O–H groups in total. The minimum absolute atomic E-state index is 0.429. The molecule has 0 saturated heterocycles. The van der Waals surface area contributed by atoms with Gasteiger partial charge in [0.1, 0.15) is 0 Å². The van der Waals surface area contributed by atoms with Crippen molar-refractivity contribution in [2.75, 3.05) is 12.9 Å². The Morgan fingerprint density at radius 2 is 2.18 bits per heavy atom. The van der Waals surface area contributed by atoms with E-state index in [2.05, 4.69) is 6.26 Å². The average molecular weight is 172 g/mol. The van der Waals surface area contributed by atoms with Crippen LogP contribution in [-0.2, 0) is 0 Å². The third kappa shape index (κ3) is 1.20. The molecule has 11 heavy (non-hydrogen) atoms. The Morgan fingerprint density at radius 3 is 2.73 bits per heavy atom. The van der Waals surface area contributed by atoms with Crippen LogP contribution in [0, 0.1) is 17.8 Å². The summed E-state index contributed by atoms with van der Waals surface area (Å²) in [6, 6.07) is 0. The Kier molecular flexibility index (Phi) is 2.15. The molecule has 2 heteroatoms. The first-order chi connectivity index (χ1) is 5.35. The molecule has 2 saturated carbocycles. The molecular weight excluding hydrogens is 156 g/mol. The monoisotopic (exact) mass is 172 g/mol. The van der Waals surface area contributed by atoms with Crippen molar-refractivity contribution in [3.8, 4) is 0 Å². The van der Waals surface area contributed by atoms with Crippen LogP contribution < -0.4 is 0 Å². The fraction of sp³-hybridized carbons (Fsp3) is 1.00. The van der Waals surface area contributed by atoms with Crippen LogP contribution in [0.5, 0.6) is 0 Å². The van der Waals surface area contributed by atoms with Gasteiger partial charge in [-0.15, -0.1) is 0 Å². The molecule has 0 amide bonds. The van der Waals surface area contributed by atoms with Crippen LogP contribution in [0.2, 0.25) is 0 Å². The molecule has 4 atom stereocenters. The topological polar surface area (TPSA) is 20.2 Å². The summed E-state index contributed by atoms with van der Waals surface area (Å²) in [6.07, 6.45) is 6.33. The second kappa shape index (κ2) is 2.98. The molecular formula is C9H16OS. The summed E-state index contributed by atoms with van der Waals surface area (Å²) in [4.78, 5) is 0. The number of hydrogen-bond donors (Lipinski definition) is 1. The highest BCUT2D eigenvalue weighted by molar-refractivity contribution is 7.99. The molecule has 0 aromatic heterocycles. The predicted octanol–water partition coefficient (Wildman–Crippen LogP) is 1.76. The summed E-state index contributed by atoms with van der Waals surface area (Å²) in [6.45, 7) is 0.429. The zero-order chi connectivity index (χ0) is 7.84. The number of aliphatic hydroxyl groups is 1. The smallest absolute Gasteiger partial charge is 0.0462 e. The van der Waals surface area contributed by atoms with Crippen molar-refractivity contribution in [2.45, 2.75) is 24.5 Å². The third-order valence-corrected chi connectivity index (χ3v) is 4.58. The van der Waals surface area contributed by atoms with E-state index in [1.165, 1.54) is 19.3 Å². The van der Waals surface area contributed by atoms with Gasteiger partial charge in [0.15, 0.2) is 0 Å². The van der Waals surface area contributed by atoms with Gasteiger partial charge in [0, 0.05) is 11.9 Å². The maximum absolute atomic E-state index is 9.09. The van der Waals surface area contributed by atoms with Gasteiger partial charge in [-0.2, -0.15) is 11.8 Å². The van der Waals surface area contributed by atoms with E-state index in [-0.39, 0.29) is 0 Å². The molecule has 4 unspecified atom stereocenters. The second-order valence-electron chi connectivity index (χ2n) is 3.95. The molecule has 64 valence electrons. The minimum atomic E-state index is 0.429. The molecule has 2 aliphatic rings. The lowest BCUT2D eigenvalue weighted by Crippen LogP contribution is -2.24. The van der Waals surface area contributed by atoms with Gasteiger partial charge in [-0.1, -0.05) is 0 Å². The van der Waals surface area contributed by atoms with Gasteiger partial charge in [0.2, 0.25) is 0 Å². The van der Waals surface area contributed by atoms with Crippen LogP contribution in [0.1, 0.15) is 19.3 Å². The van der Waals surface area contributed by atoms with Gasteiger partial charge in [-0.3, -0.25) is 0 Å². The summed E-state index contributed by atoms with van der Waals surface area (Å²) in [5.74, 6) is 2.45. The molecule has 0 aromatic rings. The number of fused-ring (bicyclic) bond motifs is 2. The standard InChI is InChI=1S/C9H16OS/c1-11-9-4-6-2-7(5-10)8(9)3-6/h6-10H,2-5H2,1H3. The van der Waals surface area contributed by atoms with Crippen molar-refractivity contribution in [2.24, 2.45) is 17.8 Å². The lowest BCUT2D eigenvalue weighted by molar-refractivity contribution is 0.180. The normalized spacial score (nSPS) is 48.5. The van der Waals surface area contributed by atoms with Crippen LogP contribution in [0.25, 0.3) is 0 Å². The summed E-state index contributed by atoms with van der Waals surface area (Å²) in [7, 11) is 0. The Labute approximate surface area is 72.6 Å². The van der Waals surface area contributed by atoms with Crippen molar-refractivity contribution in [3.05, 3.63) is 0 Å². The van der Waals surface area contributed by atoms with Crippen LogP contribution in [0.4, 0.5) is 0 Å². The Balaban J connectivity index is 2.02. The summed E-state index contributed by atoms with van der Waals surface area (Å²) in [5.41, 5.74) is 0. The van der Waals surface area contributed by atoms with Crippen molar-refractivity contribution in [1.82, 2.24) is 0 Å². The first-order valence-corrected chi connectivity index (χ1v) is 5.77. The quantitative estimate of drug-likeness (QED) is 0.685. The Bertz CT molecular complexity index is 134. The van der Waals surface area contributed by atoms with Crippen molar-refractivity contribution >= 4 is 11.8 Å². The minimum Gasteiger partial charge on any atom is -0.396 e. The SMILES string of the molecule is CSC1CC2CC(CO)C1C2. The molecule has 0 heterocycles. The van der Waals surface area contributed by atoms with E-state index < -0.39 is 0 Å². The molecule has 0 aromatic carbocycles. The predicted molar refractivity (Wildman–Crippen MR) is 48.7 cm³/mol. The molecule has 0 aliphatic heterocycles. The van der Waals surface area contributed by atoms with E-state index in [9.17, 15) is 0 Å². The molecule has 2 fully saturated rings. The van der Waals surface area contributed by atoms with Gasteiger partial charge >= 0.3 is 0 Å². The van der Waals surface area contributed by atoms with E-state index >= 15 is 0 Å². The molecule has 1 nitrogen and oxygen atoms in total. The third-order valence-electron chi connectivity index (χ3n) is 3.43. The molecule has 2 bridgehead atoms. The second-order valence-corrected chi connectivity index (χ2v) is 5.03. The van der Waals surface area contributed by atoms with E-state index in [0.29, 0.717) is 12.5 Å². The number of rotatable bonds is 2. The largest absolute Gasteiger partial charge is 0.396 e. The first kappa shape index (κ1) is 7.93. The van der Waals surface area contributed by atoms with Crippen LogP contribution in [0.15, 0.2) is 0 Å². The number of hydrogen-bond acceptors (Lipinski definition) is 2. The zero-order valence-electron chi connectivity index (χ0n) is 6.99. The lowest BCUT2D eigenvalue weighted by atomic mass is 9.89. The van der Waals surface area contributed by atoms with Crippen molar-refractivity contribution in [3.63, 3.8) is 0 Å². The zero-order valence-corrected chi connectivity index (χ0v) is 7.81. The van der Waals surface area contributed by atoms with Crippen LogP contribution in [-0.4, -0.2) is 23.2 Å². The molecule has 0 spiro atoms. The average Bonchev–Trinajstić information content (AvgIpc) is 2.60. The highest BCUT2D eigenvalue weighted by Crippen LogP contribution is 2.51. The summed E-state index contributed by atoms with van der Waals surface area (Å²) < 4.78 is 0. The molecule has 2 aliphatic carbocycles. The molecule has 2 rings (SSSR count). The van der Waals surface area contributed by atoms with Gasteiger partial charge in [0.25, 0.3) is 0 Å². The number of aliphatic hydroxyl groups excluding tert-OH is 1. The number of thioether (sulfide) groups is 1. The highest BCUT2D eigenvalue weighted by Gasteiger charge is 2.45. The van der Waals surface area contributed by atoms with E-state index in [0.717, 1.165) is 17.1 Å². The molecule has 0 radical (unpaired) electrons. The van der Waals surface area contributed by atoms with Crippen LogP contribution in [0.3, 0.4) is 0 Å². The first-order valence-electron chi connectivity index (χ1n) is 4.48.